The summed E-state index contributed by atoms with van der Waals surface area (Å²) in [5.74, 6) is 0.848. The molecule has 0 saturated carbocycles. The second kappa shape index (κ2) is 5.99. The van der Waals surface area contributed by atoms with Gasteiger partial charge >= 0.3 is 0 Å². The number of carbonyl (C=O) groups is 1. The van der Waals surface area contributed by atoms with Gasteiger partial charge in [-0.3, -0.25) is 0 Å². The van der Waals surface area contributed by atoms with Crippen LogP contribution in [0.1, 0.15) is 19.8 Å². The molecule has 1 aromatic rings. The second-order valence-corrected chi connectivity index (χ2v) is 4.04. The predicted octanol–water partition coefficient (Wildman–Crippen LogP) is 3.74. The minimum absolute atomic E-state index is 0.174. The number of rotatable bonds is 5. The first-order valence-electron chi connectivity index (χ1n) is 4.67. The molecule has 0 N–H and O–H groups in total. The molecule has 82 valence electrons. The van der Waals surface area contributed by atoms with Crippen molar-refractivity contribution in [2.24, 2.45) is 0 Å². The quantitative estimate of drug-likeness (QED) is 0.741. The third-order valence-corrected chi connectivity index (χ3v) is 2.57. The third kappa shape index (κ3) is 4.54. The molecule has 1 aromatic carbocycles. The van der Waals surface area contributed by atoms with Crippen LogP contribution in [0.15, 0.2) is 18.2 Å². The fourth-order valence-electron chi connectivity index (χ4n) is 1.08. The molecule has 0 radical (unpaired) electrons. The molecule has 0 unspecified atom stereocenters. The van der Waals surface area contributed by atoms with Gasteiger partial charge in [-0.05, 0) is 25.5 Å². The molecule has 0 aliphatic heterocycles. The molecule has 0 amide bonds. The Bertz CT molecular complexity index is 350. The highest BCUT2D eigenvalue weighted by Gasteiger charge is 2.00. The standard InChI is InChI=1S/C11H12Cl2O2/c1-8(14)3-2-6-15-9-4-5-10(12)11(13)7-9/h4-5,7H,2-3,6H2,1H3. The first-order chi connectivity index (χ1) is 7.09. The van der Waals surface area contributed by atoms with Gasteiger partial charge in [0.15, 0.2) is 0 Å². The van der Waals surface area contributed by atoms with E-state index in [0.717, 1.165) is 6.42 Å². The zero-order chi connectivity index (χ0) is 11.3. The van der Waals surface area contributed by atoms with E-state index in [4.69, 9.17) is 27.9 Å². The average molecular weight is 247 g/mol. The summed E-state index contributed by atoms with van der Waals surface area (Å²) >= 11 is 11.6. The Labute approximate surface area is 99.1 Å². The zero-order valence-electron chi connectivity index (χ0n) is 8.43. The number of Topliss-reactive ketones (excluding diaryl/α,β-unsaturated/α-hetero) is 1. The minimum atomic E-state index is 0.174. The van der Waals surface area contributed by atoms with Crippen LogP contribution in [0.5, 0.6) is 5.75 Å². The van der Waals surface area contributed by atoms with E-state index < -0.39 is 0 Å². The lowest BCUT2D eigenvalue weighted by molar-refractivity contribution is -0.117. The van der Waals surface area contributed by atoms with Gasteiger partial charge in [-0.15, -0.1) is 0 Å². The van der Waals surface area contributed by atoms with E-state index in [9.17, 15) is 4.79 Å². The molecule has 4 heteroatoms. The van der Waals surface area contributed by atoms with E-state index in [1.165, 1.54) is 0 Å². The van der Waals surface area contributed by atoms with Crippen molar-refractivity contribution in [3.05, 3.63) is 28.2 Å². The highest BCUT2D eigenvalue weighted by atomic mass is 35.5. The maximum atomic E-state index is 10.7. The van der Waals surface area contributed by atoms with Crippen LogP contribution in [0.3, 0.4) is 0 Å². The number of carbonyl (C=O) groups excluding carboxylic acids is 1. The van der Waals surface area contributed by atoms with Crippen LogP contribution < -0.4 is 4.74 Å². The lowest BCUT2D eigenvalue weighted by Gasteiger charge is -2.06. The van der Waals surface area contributed by atoms with E-state index in [0.29, 0.717) is 28.8 Å². The Morgan fingerprint density at radius 2 is 2.07 bits per heavy atom. The Hall–Kier alpha value is -0.730. The molecule has 15 heavy (non-hydrogen) atoms. The van der Waals surface area contributed by atoms with Gasteiger partial charge in [0.25, 0.3) is 0 Å². The Balaban J connectivity index is 2.38. The normalized spacial score (nSPS) is 10.1. The monoisotopic (exact) mass is 246 g/mol. The molecule has 0 spiro atoms. The smallest absolute Gasteiger partial charge is 0.129 e. The topological polar surface area (TPSA) is 26.3 Å². The molecule has 0 aliphatic rings. The van der Waals surface area contributed by atoms with Crippen molar-refractivity contribution in [2.75, 3.05) is 6.61 Å². The van der Waals surface area contributed by atoms with Gasteiger partial charge in [0.05, 0.1) is 16.7 Å². The van der Waals surface area contributed by atoms with Crippen molar-refractivity contribution in [3.8, 4) is 5.75 Å². The SMILES string of the molecule is CC(=O)CCCOc1ccc(Cl)c(Cl)c1. The zero-order valence-corrected chi connectivity index (χ0v) is 9.94. The van der Waals surface area contributed by atoms with E-state index in [1.807, 2.05) is 0 Å². The molecule has 0 bridgehead atoms. The summed E-state index contributed by atoms with van der Waals surface area (Å²) in [7, 11) is 0. The van der Waals surface area contributed by atoms with Crippen LogP contribution in [0, 0.1) is 0 Å². The van der Waals surface area contributed by atoms with Gasteiger partial charge in [-0.2, -0.15) is 0 Å². The second-order valence-electron chi connectivity index (χ2n) is 3.23. The number of hydrogen-bond acceptors (Lipinski definition) is 2. The van der Waals surface area contributed by atoms with Crippen LogP contribution in [-0.2, 0) is 4.79 Å². The number of ketones is 1. The molecule has 0 saturated heterocycles. The van der Waals surface area contributed by atoms with E-state index in [2.05, 4.69) is 0 Å². The van der Waals surface area contributed by atoms with Gasteiger partial charge in [-0.1, -0.05) is 23.2 Å². The van der Waals surface area contributed by atoms with Gasteiger partial charge in [0.1, 0.15) is 11.5 Å². The predicted molar refractivity (Wildman–Crippen MR) is 61.9 cm³/mol. The van der Waals surface area contributed by atoms with E-state index >= 15 is 0 Å². The molecule has 2 nitrogen and oxygen atoms in total. The number of ether oxygens (including phenoxy) is 1. The van der Waals surface area contributed by atoms with Gasteiger partial charge < -0.3 is 9.53 Å². The highest BCUT2D eigenvalue weighted by molar-refractivity contribution is 6.42. The molecular formula is C11H12Cl2O2. The maximum Gasteiger partial charge on any atom is 0.129 e. The lowest BCUT2D eigenvalue weighted by Crippen LogP contribution is -2.00. The van der Waals surface area contributed by atoms with Crippen LogP contribution in [0.25, 0.3) is 0 Å². The van der Waals surface area contributed by atoms with Crippen molar-refractivity contribution in [3.63, 3.8) is 0 Å². The first kappa shape index (κ1) is 12.3. The Morgan fingerprint density at radius 3 is 2.67 bits per heavy atom. The fraction of sp³-hybridized carbons (Fsp3) is 0.364. The number of hydrogen-bond donors (Lipinski definition) is 0. The number of benzene rings is 1. The Kier molecular flexibility index (Phi) is 4.92. The summed E-state index contributed by atoms with van der Waals surface area (Å²) in [6.07, 6.45) is 1.26. The molecular weight excluding hydrogens is 235 g/mol. The van der Waals surface area contributed by atoms with Gasteiger partial charge in [0.2, 0.25) is 0 Å². The van der Waals surface area contributed by atoms with Crippen molar-refractivity contribution >= 4 is 29.0 Å². The average Bonchev–Trinajstić information content (AvgIpc) is 2.18. The largest absolute Gasteiger partial charge is 0.494 e. The first-order valence-corrected chi connectivity index (χ1v) is 5.42. The number of halogens is 2. The van der Waals surface area contributed by atoms with Crippen molar-refractivity contribution < 1.29 is 9.53 Å². The van der Waals surface area contributed by atoms with Crippen LogP contribution in [0.2, 0.25) is 10.0 Å². The van der Waals surface area contributed by atoms with Crippen molar-refractivity contribution in [1.29, 1.82) is 0 Å². The molecule has 0 heterocycles. The lowest BCUT2D eigenvalue weighted by atomic mass is 10.2. The minimum Gasteiger partial charge on any atom is -0.494 e. The molecule has 0 fully saturated rings. The van der Waals surface area contributed by atoms with Crippen molar-refractivity contribution in [2.45, 2.75) is 19.8 Å². The van der Waals surface area contributed by atoms with Gasteiger partial charge in [-0.25, -0.2) is 0 Å². The summed E-state index contributed by atoms with van der Waals surface area (Å²) in [5.41, 5.74) is 0. The molecule has 0 aromatic heterocycles. The van der Waals surface area contributed by atoms with E-state index in [1.54, 1.807) is 25.1 Å². The summed E-state index contributed by atoms with van der Waals surface area (Å²) in [6, 6.07) is 5.10. The molecule has 0 aliphatic carbocycles. The summed E-state index contributed by atoms with van der Waals surface area (Å²) in [5, 5.41) is 0.980. The summed E-state index contributed by atoms with van der Waals surface area (Å²) in [4.78, 5) is 10.7. The third-order valence-electron chi connectivity index (χ3n) is 1.83. The highest BCUT2D eigenvalue weighted by Crippen LogP contribution is 2.26. The van der Waals surface area contributed by atoms with Crippen LogP contribution >= 0.6 is 23.2 Å². The molecule has 1 rings (SSSR count). The molecule has 0 atom stereocenters. The van der Waals surface area contributed by atoms with Crippen LogP contribution in [-0.4, -0.2) is 12.4 Å². The van der Waals surface area contributed by atoms with Crippen molar-refractivity contribution in [1.82, 2.24) is 0 Å². The Morgan fingerprint density at radius 1 is 1.33 bits per heavy atom. The van der Waals surface area contributed by atoms with Crippen LogP contribution in [0.4, 0.5) is 0 Å². The fourth-order valence-corrected chi connectivity index (χ4v) is 1.37. The van der Waals surface area contributed by atoms with E-state index in [-0.39, 0.29) is 5.78 Å². The maximum absolute atomic E-state index is 10.7. The summed E-state index contributed by atoms with van der Waals surface area (Å²) < 4.78 is 5.40. The summed E-state index contributed by atoms with van der Waals surface area (Å²) in [6.45, 7) is 2.08. The van der Waals surface area contributed by atoms with Gasteiger partial charge in [0, 0.05) is 12.5 Å².